The quantitative estimate of drug-likeness (QED) is 0.724. The van der Waals surface area contributed by atoms with Crippen molar-refractivity contribution in [2.45, 2.75) is 12.8 Å². The van der Waals surface area contributed by atoms with Crippen LogP contribution in [0.25, 0.3) is 0 Å². The summed E-state index contributed by atoms with van der Waals surface area (Å²) in [6.45, 7) is 0.854. The average molecular weight is 322 g/mol. The van der Waals surface area contributed by atoms with Gasteiger partial charge in [0.1, 0.15) is 0 Å². The highest BCUT2D eigenvalue weighted by atomic mass is 35.5. The molecule has 106 valence electrons. The molecule has 19 heavy (non-hydrogen) atoms. The molecule has 3 nitrogen and oxygen atoms in total. The number of halogens is 2. The first-order valence-corrected chi connectivity index (χ1v) is 7.93. The molecular formula is C13H17Cl2NO2S. The van der Waals surface area contributed by atoms with E-state index in [4.69, 9.17) is 28.3 Å². The van der Waals surface area contributed by atoms with Gasteiger partial charge in [-0.1, -0.05) is 29.3 Å². The summed E-state index contributed by atoms with van der Waals surface area (Å²) in [4.78, 5) is 11.7. The second-order valence-electron chi connectivity index (χ2n) is 3.96. The zero-order valence-corrected chi connectivity index (χ0v) is 12.8. The monoisotopic (exact) mass is 321 g/mol. The van der Waals surface area contributed by atoms with Gasteiger partial charge in [0.05, 0.1) is 16.5 Å². The molecule has 0 aliphatic heterocycles. The number of aliphatic hydroxyl groups excluding tert-OH is 1. The molecule has 0 saturated carbocycles. The number of carbonyl (C=O) groups excluding carboxylic acids is 1. The topological polar surface area (TPSA) is 49.3 Å². The number of carbonyl (C=O) groups is 1. The van der Waals surface area contributed by atoms with Crippen molar-refractivity contribution in [1.29, 1.82) is 0 Å². The molecular weight excluding hydrogens is 305 g/mol. The Labute approximate surface area is 127 Å². The minimum absolute atomic E-state index is 0.0267. The maximum absolute atomic E-state index is 11.7. The van der Waals surface area contributed by atoms with Crippen LogP contribution in [0.15, 0.2) is 18.2 Å². The van der Waals surface area contributed by atoms with Crippen molar-refractivity contribution < 1.29 is 9.90 Å². The minimum atomic E-state index is -0.0267. The van der Waals surface area contributed by atoms with Crippen LogP contribution in [-0.4, -0.2) is 35.7 Å². The van der Waals surface area contributed by atoms with E-state index in [1.54, 1.807) is 30.0 Å². The van der Waals surface area contributed by atoms with Crippen LogP contribution in [0.4, 0.5) is 0 Å². The van der Waals surface area contributed by atoms with Gasteiger partial charge in [0.25, 0.3) is 0 Å². The third kappa shape index (κ3) is 7.06. The molecule has 0 atom stereocenters. The Hall–Kier alpha value is -0.420. The second-order valence-corrected chi connectivity index (χ2v) is 6.00. The highest BCUT2D eigenvalue weighted by Crippen LogP contribution is 2.22. The van der Waals surface area contributed by atoms with Gasteiger partial charge in [0.2, 0.25) is 5.91 Å². The highest BCUT2D eigenvalue weighted by molar-refractivity contribution is 7.99. The smallest absolute Gasteiger partial charge is 0.224 e. The molecule has 0 spiro atoms. The minimum Gasteiger partial charge on any atom is -0.396 e. The number of aliphatic hydroxyl groups is 1. The zero-order chi connectivity index (χ0) is 14.1. The number of benzene rings is 1. The number of thioether (sulfide) groups is 1. The SMILES string of the molecule is O=C(Cc1ccc(Cl)c(Cl)c1)NCCSCCCO. The van der Waals surface area contributed by atoms with Crippen LogP contribution in [0.2, 0.25) is 10.0 Å². The van der Waals surface area contributed by atoms with Gasteiger partial charge in [0, 0.05) is 18.9 Å². The van der Waals surface area contributed by atoms with Crippen molar-refractivity contribution in [3.63, 3.8) is 0 Å². The van der Waals surface area contributed by atoms with E-state index in [1.807, 2.05) is 0 Å². The van der Waals surface area contributed by atoms with E-state index in [-0.39, 0.29) is 12.5 Å². The Morgan fingerprint density at radius 1 is 1.26 bits per heavy atom. The Bertz CT molecular complexity index is 416. The fourth-order valence-corrected chi connectivity index (χ4v) is 2.53. The van der Waals surface area contributed by atoms with E-state index in [0.717, 1.165) is 23.5 Å². The van der Waals surface area contributed by atoms with Crippen LogP contribution in [0, 0.1) is 0 Å². The third-order valence-corrected chi connectivity index (χ3v) is 4.17. The van der Waals surface area contributed by atoms with Gasteiger partial charge in [-0.2, -0.15) is 11.8 Å². The van der Waals surface area contributed by atoms with E-state index < -0.39 is 0 Å². The lowest BCUT2D eigenvalue weighted by molar-refractivity contribution is -0.120. The molecule has 0 aliphatic rings. The standard InChI is InChI=1S/C13H17Cl2NO2S/c14-11-3-2-10(8-12(11)15)9-13(18)16-4-7-19-6-1-5-17/h2-3,8,17H,1,4-7,9H2,(H,16,18). The molecule has 6 heteroatoms. The molecule has 0 fully saturated rings. The van der Waals surface area contributed by atoms with Crippen molar-refractivity contribution in [3.05, 3.63) is 33.8 Å². The molecule has 1 aromatic carbocycles. The lowest BCUT2D eigenvalue weighted by Crippen LogP contribution is -2.27. The lowest BCUT2D eigenvalue weighted by atomic mass is 10.1. The van der Waals surface area contributed by atoms with E-state index >= 15 is 0 Å². The normalized spacial score (nSPS) is 10.5. The van der Waals surface area contributed by atoms with Crippen molar-refractivity contribution in [2.24, 2.45) is 0 Å². The maximum atomic E-state index is 11.7. The van der Waals surface area contributed by atoms with E-state index in [2.05, 4.69) is 5.32 Å². The molecule has 0 aromatic heterocycles. The summed E-state index contributed by atoms with van der Waals surface area (Å²) in [6.07, 6.45) is 1.10. The summed E-state index contributed by atoms with van der Waals surface area (Å²) in [5.74, 6) is 1.74. The zero-order valence-electron chi connectivity index (χ0n) is 10.5. The van der Waals surface area contributed by atoms with Gasteiger partial charge >= 0.3 is 0 Å². The van der Waals surface area contributed by atoms with Crippen molar-refractivity contribution in [1.82, 2.24) is 5.32 Å². The second kappa shape index (κ2) is 9.48. The molecule has 1 aromatic rings. The van der Waals surface area contributed by atoms with Crippen LogP contribution in [-0.2, 0) is 11.2 Å². The fraction of sp³-hybridized carbons (Fsp3) is 0.462. The largest absolute Gasteiger partial charge is 0.396 e. The van der Waals surface area contributed by atoms with Gasteiger partial charge < -0.3 is 10.4 Å². The molecule has 0 unspecified atom stereocenters. The van der Waals surface area contributed by atoms with Crippen molar-refractivity contribution >= 4 is 40.9 Å². The summed E-state index contributed by atoms with van der Waals surface area (Å²) >= 11 is 13.4. The molecule has 0 radical (unpaired) electrons. The fourth-order valence-electron chi connectivity index (χ4n) is 1.43. The van der Waals surface area contributed by atoms with E-state index in [1.165, 1.54) is 0 Å². The van der Waals surface area contributed by atoms with Crippen LogP contribution >= 0.6 is 35.0 Å². The first-order chi connectivity index (χ1) is 9.13. The number of hydrogen-bond acceptors (Lipinski definition) is 3. The molecule has 1 rings (SSSR count). The lowest BCUT2D eigenvalue weighted by Gasteiger charge is -2.06. The van der Waals surface area contributed by atoms with Crippen LogP contribution in [0.1, 0.15) is 12.0 Å². The first-order valence-electron chi connectivity index (χ1n) is 6.02. The molecule has 2 N–H and O–H groups in total. The molecule has 1 amide bonds. The third-order valence-electron chi connectivity index (χ3n) is 2.36. The summed E-state index contributed by atoms with van der Waals surface area (Å²) in [5.41, 5.74) is 0.847. The van der Waals surface area contributed by atoms with Crippen molar-refractivity contribution in [2.75, 3.05) is 24.7 Å². The van der Waals surface area contributed by atoms with Crippen LogP contribution < -0.4 is 5.32 Å². The number of hydrogen-bond donors (Lipinski definition) is 2. The maximum Gasteiger partial charge on any atom is 0.224 e. The highest BCUT2D eigenvalue weighted by Gasteiger charge is 2.05. The van der Waals surface area contributed by atoms with Crippen molar-refractivity contribution in [3.8, 4) is 0 Å². The van der Waals surface area contributed by atoms with Gasteiger partial charge in [-0.3, -0.25) is 4.79 Å². The summed E-state index contributed by atoms with van der Waals surface area (Å²) in [7, 11) is 0. The Kier molecular flexibility index (Phi) is 8.30. The van der Waals surface area contributed by atoms with E-state index in [9.17, 15) is 4.79 Å². The molecule has 0 bridgehead atoms. The Morgan fingerprint density at radius 3 is 2.74 bits per heavy atom. The molecule has 0 heterocycles. The van der Waals surface area contributed by atoms with Gasteiger partial charge in [-0.15, -0.1) is 0 Å². The summed E-state index contributed by atoms with van der Waals surface area (Å²) in [6, 6.07) is 5.19. The van der Waals surface area contributed by atoms with Gasteiger partial charge in [-0.25, -0.2) is 0 Å². The number of rotatable bonds is 8. The Balaban J connectivity index is 2.21. The van der Waals surface area contributed by atoms with Crippen LogP contribution in [0.3, 0.4) is 0 Å². The molecule has 0 saturated heterocycles. The number of nitrogens with one attached hydrogen (secondary N) is 1. The Morgan fingerprint density at radius 2 is 2.05 bits per heavy atom. The van der Waals surface area contributed by atoms with Crippen LogP contribution in [0.5, 0.6) is 0 Å². The predicted molar refractivity (Wildman–Crippen MR) is 82.2 cm³/mol. The van der Waals surface area contributed by atoms with E-state index in [0.29, 0.717) is 23.0 Å². The summed E-state index contributed by atoms with van der Waals surface area (Å²) in [5, 5.41) is 12.4. The van der Waals surface area contributed by atoms with Gasteiger partial charge in [0.15, 0.2) is 0 Å². The predicted octanol–water partition coefficient (Wildman–Crippen LogP) is 2.77. The molecule has 0 aliphatic carbocycles. The first kappa shape index (κ1) is 16.6. The average Bonchev–Trinajstić information content (AvgIpc) is 2.38. The van der Waals surface area contributed by atoms with Gasteiger partial charge in [-0.05, 0) is 29.9 Å². The number of amides is 1. The summed E-state index contributed by atoms with van der Waals surface area (Å²) < 4.78 is 0.